The fourth-order valence-corrected chi connectivity index (χ4v) is 4.40. The molecule has 1 aliphatic heterocycles. The predicted octanol–water partition coefficient (Wildman–Crippen LogP) is 3.09. The third-order valence-corrected chi connectivity index (χ3v) is 5.53. The molecule has 3 atom stereocenters. The van der Waals surface area contributed by atoms with Gasteiger partial charge in [0.15, 0.2) is 0 Å². The van der Waals surface area contributed by atoms with Crippen LogP contribution in [-0.4, -0.2) is 37.8 Å². The number of carboxylic acids is 1. The van der Waals surface area contributed by atoms with E-state index in [4.69, 9.17) is 0 Å². The van der Waals surface area contributed by atoms with Crippen LogP contribution in [0.15, 0.2) is 42.7 Å². The quantitative estimate of drug-likeness (QED) is 0.938. The van der Waals surface area contributed by atoms with Crippen LogP contribution in [0.2, 0.25) is 0 Å². The smallest absolute Gasteiger partial charge is 0.320 e. The number of likely N-dealkylation sites (tertiary alicyclic amines) is 1. The van der Waals surface area contributed by atoms with Gasteiger partial charge in [-0.1, -0.05) is 31.0 Å². The molecule has 5 nitrogen and oxygen atoms in total. The molecule has 5 heteroatoms. The number of hydrogen-bond donors (Lipinski definition) is 1. The molecule has 1 aromatic carbocycles. The standard InChI is InChI=1S/C19H23N3O2/c23-19(24)18-10-15-6-4-5-9-17(15)21(18)12-14-11-20-22(13-14)16-7-2-1-3-8-16/h1-3,7-8,11,13,15,17-18H,4-6,9-10,12H2,(H,23,24)/t15-,17-,18-/m0/s1. The zero-order valence-electron chi connectivity index (χ0n) is 13.7. The summed E-state index contributed by atoms with van der Waals surface area (Å²) < 4.78 is 1.86. The van der Waals surface area contributed by atoms with Crippen LogP contribution in [0.5, 0.6) is 0 Å². The van der Waals surface area contributed by atoms with Crippen LogP contribution in [0.1, 0.15) is 37.7 Å². The fourth-order valence-electron chi connectivity index (χ4n) is 4.40. The second-order valence-corrected chi connectivity index (χ2v) is 7.00. The molecule has 24 heavy (non-hydrogen) atoms. The monoisotopic (exact) mass is 325 g/mol. The summed E-state index contributed by atoms with van der Waals surface area (Å²) in [6, 6.07) is 10.1. The zero-order chi connectivity index (χ0) is 16.5. The Hall–Kier alpha value is -2.14. The van der Waals surface area contributed by atoms with Crippen molar-refractivity contribution in [2.45, 2.75) is 50.7 Å². The first-order valence-electron chi connectivity index (χ1n) is 8.80. The van der Waals surface area contributed by atoms with Crippen molar-refractivity contribution in [2.24, 2.45) is 5.92 Å². The maximum absolute atomic E-state index is 11.7. The predicted molar refractivity (Wildman–Crippen MR) is 90.9 cm³/mol. The van der Waals surface area contributed by atoms with Gasteiger partial charge in [0, 0.05) is 24.3 Å². The Labute approximate surface area is 141 Å². The summed E-state index contributed by atoms with van der Waals surface area (Å²) in [5.41, 5.74) is 2.10. The molecule has 1 N–H and O–H groups in total. The first-order chi connectivity index (χ1) is 11.7. The van der Waals surface area contributed by atoms with Crippen molar-refractivity contribution in [2.75, 3.05) is 0 Å². The molecular formula is C19H23N3O2. The van der Waals surface area contributed by atoms with Gasteiger partial charge >= 0.3 is 5.97 Å². The number of aliphatic carboxylic acids is 1. The molecule has 2 fully saturated rings. The van der Waals surface area contributed by atoms with Gasteiger partial charge in [-0.3, -0.25) is 9.69 Å². The largest absolute Gasteiger partial charge is 0.480 e. The summed E-state index contributed by atoms with van der Waals surface area (Å²) in [6.45, 7) is 0.672. The number of hydrogen-bond acceptors (Lipinski definition) is 3. The number of carboxylic acid groups (broad SMARTS) is 1. The second-order valence-electron chi connectivity index (χ2n) is 7.00. The lowest BCUT2D eigenvalue weighted by molar-refractivity contribution is -0.142. The highest BCUT2D eigenvalue weighted by atomic mass is 16.4. The number of fused-ring (bicyclic) bond motifs is 1. The molecule has 0 bridgehead atoms. The first kappa shape index (κ1) is 15.4. The van der Waals surface area contributed by atoms with E-state index in [1.54, 1.807) is 0 Å². The number of benzene rings is 1. The van der Waals surface area contributed by atoms with Gasteiger partial charge < -0.3 is 5.11 Å². The van der Waals surface area contributed by atoms with Crippen molar-refractivity contribution in [3.05, 3.63) is 48.3 Å². The molecule has 4 rings (SSSR count). The van der Waals surface area contributed by atoms with Gasteiger partial charge in [-0.15, -0.1) is 0 Å². The number of nitrogens with zero attached hydrogens (tertiary/aromatic N) is 3. The molecular weight excluding hydrogens is 302 g/mol. The highest BCUT2D eigenvalue weighted by molar-refractivity contribution is 5.74. The van der Waals surface area contributed by atoms with E-state index >= 15 is 0 Å². The Morgan fingerprint density at radius 3 is 2.79 bits per heavy atom. The van der Waals surface area contributed by atoms with Crippen LogP contribution >= 0.6 is 0 Å². The van der Waals surface area contributed by atoms with E-state index in [2.05, 4.69) is 10.00 Å². The van der Waals surface area contributed by atoms with Crippen molar-refractivity contribution >= 4 is 5.97 Å². The fraction of sp³-hybridized carbons (Fsp3) is 0.474. The van der Waals surface area contributed by atoms with E-state index in [-0.39, 0.29) is 6.04 Å². The molecule has 1 aromatic heterocycles. The first-order valence-corrected chi connectivity index (χ1v) is 8.80. The van der Waals surface area contributed by atoms with Gasteiger partial charge in [0.05, 0.1) is 11.9 Å². The van der Waals surface area contributed by atoms with E-state index in [9.17, 15) is 9.90 Å². The molecule has 2 aromatic rings. The molecule has 1 aliphatic carbocycles. The third kappa shape index (κ3) is 2.84. The van der Waals surface area contributed by atoms with E-state index < -0.39 is 5.97 Å². The van der Waals surface area contributed by atoms with Crippen molar-refractivity contribution in [1.82, 2.24) is 14.7 Å². The minimum absolute atomic E-state index is 0.349. The SMILES string of the molecule is O=C(O)[C@@H]1C[C@@H]2CCCC[C@@H]2N1Cc1cnn(-c2ccccc2)c1. The summed E-state index contributed by atoms with van der Waals surface area (Å²) in [7, 11) is 0. The van der Waals surface area contributed by atoms with E-state index in [1.165, 1.54) is 19.3 Å². The molecule has 126 valence electrons. The number of para-hydroxylation sites is 1. The topological polar surface area (TPSA) is 58.4 Å². The highest BCUT2D eigenvalue weighted by Gasteiger charge is 2.45. The minimum Gasteiger partial charge on any atom is -0.480 e. The highest BCUT2D eigenvalue weighted by Crippen LogP contribution is 2.40. The Morgan fingerprint density at radius 1 is 1.21 bits per heavy atom. The number of rotatable bonds is 4. The Morgan fingerprint density at radius 2 is 2.00 bits per heavy atom. The average Bonchev–Trinajstić information content (AvgIpc) is 3.21. The maximum atomic E-state index is 11.7. The Kier molecular flexibility index (Phi) is 4.10. The van der Waals surface area contributed by atoms with E-state index in [0.717, 1.165) is 24.1 Å². The maximum Gasteiger partial charge on any atom is 0.320 e. The molecule has 0 spiro atoms. The van der Waals surface area contributed by atoms with Crippen LogP contribution in [0.3, 0.4) is 0 Å². The van der Waals surface area contributed by atoms with Crippen LogP contribution in [-0.2, 0) is 11.3 Å². The summed E-state index contributed by atoms with van der Waals surface area (Å²) >= 11 is 0. The van der Waals surface area contributed by atoms with Gasteiger partial charge in [-0.2, -0.15) is 5.10 Å². The van der Waals surface area contributed by atoms with Crippen molar-refractivity contribution in [3.8, 4) is 5.69 Å². The molecule has 2 aliphatic rings. The summed E-state index contributed by atoms with van der Waals surface area (Å²) in [5, 5.41) is 14.1. The second kappa shape index (κ2) is 6.40. The zero-order valence-corrected chi connectivity index (χ0v) is 13.7. The lowest BCUT2D eigenvalue weighted by Crippen LogP contribution is -2.41. The number of carbonyl (C=O) groups is 1. The van der Waals surface area contributed by atoms with Gasteiger partial charge in [0.1, 0.15) is 6.04 Å². The molecule has 2 heterocycles. The van der Waals surface area contributed by atoms with Crippen LogP contribution in [0, 0.1) is 5.92 Å². The summed E-state index contributed by atoms with van der Waals surface area (Å²) in [5.74, 6) is -0.135. The Bertz CT molecular complexity index is 712. The molecule has 0 unspecified atom stereocenters. The summed E-state index contributed by atoms with van der Waals surface area (Å²) in [4.78, 5) is 13.9. The van der Waals surface area contributed by atoms with Crippen LogP contribution in [0.4, 0.5) is 0 Å². The van der Waals surface area contributed by atoms with Gasteiger partial charge in [0.25, 0.3) is 0 Å². The molecule has 0 amide bonds. The van der Waals surface area contributed by atoms with Gasteiger partial charge in [0.2, 0.25) is 0 Å². The normalized spacial score (nSPS) is 27.1. The molecule has 1 saturated carbocycles. The van der Waals surface area contributed by atoms with Crippen LogP contribution in [0.25, 0.3) is 5.69 Å². The summed E-state index contributed by atoms with van der Waals surface area (Å²) in [6.07, 6.45) is 9.44. The van der Waals surface area contributed by atoms with Crippen molar-refractivity contribution < 1.29 is 9.90 Å². The van der Waals surface area contributed by atoms with Gasteiger partial charge in [-0.25, -0.2) is 4.68 Å². The number of aromatic nitrogens is 2. The van der Waals surface area contributed by atoms with Gasteiger partial charge in [-0.05, 0) is 37.3 Å². The molecule has 1 saturated heterocycles. The van der Waals surface area contributed by atoms with E-state index in [1.807, 2.05) is 47.4 Å². The minimum atomic E-state index is -0.681. The average molecular weight is 325 g/mol. The Balaban J connectivity index is 1.55. The van der Waals surface area contributed by atoms with Crippen molar-refractivity contribution in [3.63, 3.8) is 0 Å². The molecule has 0 radical (unpaired) electrons. The lowest BCUT2D eigenvalue weighted by atomic mass is 9.85. The van der Waals surface area contributed by atoms with Crippen LogP contribution < -0.4 is 0 Å². The van der Waals surface area contributed by atoms with Crippen molar-refractivity contribution in [1.29, 1.82) is 0 Å². The third-order valence-electron chi connectivity index (χ3n) is 5.53. The lowest BCUT2D eigenvalue weighted by Gasteiger charge is -2.32. The van der Waals surface area contributed by atoms with E-state index in [0.29, 0.717) is 18.5 Å².